The minimum Gasteiger partial charge on any atom is -0.348 e. The van der Waals surface area contributed by atoms with Gasteiger partial charge < -0.3 is 9.47 Å². The van der Waals surface area contributed by atoms with Gasteiger partial charge in [0.25, 0.3) is 0 Å². The molecule has 0 radical (unpaired) electrons. The molecule has 2 aliphatic carbocycles. The van der Waals surface area contributed by atoms with Crippen molar-refractivity contribution in [1.29, 1.82) is 0 Å². The number of benzene rings is 8. The highest BCUT2D eigenvalue weighted by Crippen LogP contribution is 2.73. The Balaban J connectivity index is 1.15. The van der Waals surface area contributed by atoms with Gasteiger partial charge in [-0.25, -0.2) is 0 Å². The molecule has 2 saturated heterocycles. The molecule has 0 spiro atoms. The monoisotopic (exact) mass is 800 g/mol. The summed E-state index contributed by atoms with van der Waals surface area (Å²) in [6.07, 6.45) is 0. The number of rotatable bonds is 4. The minimum absolute atomic E-state index is 0.140. The minimum atomic E-state index is -1.35. The molecule has 8 aromatic carbocycles. The molecule has 4 bridgehead atoms. The first-order valence-electron chi connectivity index (χ1n) is 21.4. The number of carbonyl (C=O) groups excluding carboxylic acids is 4. The van der Waals surface area contributed by atoms with Gasteiger partial charge in [0.1, 0.15) is 22.4 Å². The Morgan fingerprint density at radius 2 is 0.500 bits per heavy atom. The first-order chi connectivity index (χ1) is 30.3. The van der Waals surface area contributed by atoms with E-state index in [0.717, 1.165) is 66.1 Å². The first-order valence-corrected chi connectivity index (χ1v) is 21.4. The number of hydrogen-bond acceptors (Lipinski definition) is 6. The van der Waals surface area contributed by atoms with Gasteiger partial charge >= 0.3 is 0 Å². The normalized spacial score (nSPS) is 30.8. The molecule has 62 heavy (non-hydrogen) atoms. The van der Waals surface area contributed by atoms with Crippen molar-refractivity contribution >= 4 is 44.7 Å². The summed E-state index contributed by atoms with van der Waals surface area (Å²) in [6.45, 7) is 0. The Morgan fingerprint density at radius 3 is 0.710 bits per heavy atom. The van der Waals surface area contributed by atoms with Gasteiger partial charge in [-0.05, 0) is 115 Å². The number of carbonyl (C=O) groups is 4. The van der Waals surface area contributed by atoms with Crippen LogP contribution in [0.5, 0.6) is 0 Å². The van der Waals surface area contributed by atoms with E-state index in [2.05, 4.69) is 24.3 Å². The van der Waals surface area contributed by atoms with Crippen LogP contribution in [0.3, 0.4) is 0 Å². The van der Waals surface area contributed by atoms with Crippen molar-refractivity contribution in [2.24, 2.45) is 23.7 Å². The van der Waals surface area contributed by atoms with E-state index in [0.29, 0.717) is 22.3 Å². The molecule has 2 fully saturated rings. The Hall–Kier alpha value is -7.12. The second-order valence-corrected chi connectivity index (χ2v) is 18.3. The molecular weight excluding hydrogens is 769 g/mol. The maximum Gasteiger partial charge on any atom is 0.171 e. The largest absolute Gasteiger partial charge is 0.348 e. The average Bonchev–Trinajstić information content (AvgIpc) is 4.02. The van der Waals surface area contributed by atoms with Crippen molar-refractivity contribution in [3.05, 3.63) is 237 Å². The van der Waals surface area contributed by atoms with E-state index in [4.69, 9.17) is 9.47 Å². The topological polar surface area (TPSA) is 86.7 Å². The number of ketones is 4. The molecule has 0 amide bonds. The summed E-state index contributed by atoms with van der Waals surface area (Å²) in [5.74, 6) is -4.18. The lowest BCUT2D eigenvalue weighted by Gasteiger charge is -2.43. The fourth-order valence-corrected chi connectivity index (χ4v) is 13.7. The van der Waals surface area contributed by atoms with Crippen LogP contribution >= 0.6 is 0 Å². The fourth-order valence-electron chi connectivity index (χ4n) is 13.7. The van der Waals surface area contributed by atoms with Crippen LogP contribution in [0.2, 0.25) is 0 Å². The lowest BCUT2D eigenvalue weighted by molar-refractivity contribution is -0.0533. The number of hydrogen-bond donors (Lipinski definition) is 0. The Labute approximate surface area is 354 Å². The third-order valence-electron chi connectivity index (χ3n) is 15.9. The molecule has 6 heteroatoms. The Kier molecular flexibility index (Phi) is 5.77. The smallest absolute Gasteiger partial charge is 0.171 e. The summed E-state index contributed by atoms with van der Waals surface area (Å²) in [5.41, 5.74) is 2.28. The Morgan fingerprint density at radius 1 is 0.290 bits per heavy atom. The van der Waals surface area contributed by atoms with E-state index in [-0.39, 0.29) is 23.1 Å². The maximum absolute atomic E-state index is 15.8. The summed E-state index contributed by atoms with van der Waals surface area (Å²) >= 11 is 0. The molecule has 292 valence electrons. The molecule has 14 rings (SSSR count). The van der Waals surface area contributed by atoms with Gasteiger partial charge in [-0.15, -0.1) is 0 Å². The number of fused-ring (bicyclic) bond motifs is 20. The van der Waals surface area contributed by atoms with Crippen LogP contribution in [0.1, 0.15) is 85.9 Å². The van der Waals surface area contributed by atoms with Gasteiger partial charge in [0.05, 0.1) is 23.7 Å². The zero-order chi connectivity index (χ0) is 41.1. The standard InChI is InChI=1S/C56H32O6/c57-49-37-22-31-27-43-44-28-32(31)24-38(37)50(58)46-45(49)53(33-13-5-1-6-14-33)41-25-29-21-39-40(23-30(29)26-42(41)54(46,61-53)34-15-7-2-8-16-34)52(60)48-47(51(39)59)55(43,35-17-9-3-10-18-35)62-56(44,48)36-19-11-4-12-20-36/h1-28,45-48H. The van der Waals surface area contributed by atoms with Gasteiger partial charge in [-0.2, -0.15) is 0 Å². The molecule has 0 N–H and O–H groups in total. The summed E-state index contributed by atoms with van der Waals surface area (Å²) in [4.78, 5) is 63.3. The SMILES string of the molecule is O=C1c2cc3cc4c5cc3cc2C(=O)C2C1C1(c3ccccc3)OC2(c2ccccc2)c2cc3cc6c(cc3cc21)C(=O)C1C(C6=O)C5(c2ccccc2)OC41c1ccccc1. The highest BCUT2D eigenvalue weighted by molar-refractivity contribution is 6.22. The van der Waals surface area contributed by atoms with Gasteiger partial charge in [0, 0.05) is 22.3 Å². The average molecular weight is 801 g/mol. The lowest BCUT2D eigenvalue weighted by atomic mass is 9.53. The molecule has 6 nitrogen and oxygen atoms in total. The van der Waals surface area contributed by atoms with Gasteiger partial charge in [0.2, 0.25) is 0 Å². The predicted molar refractivity (Wildman–Crippen MR) is 230 cm³/mol. The highest BCUT2D eigenvalue weighted by atomic mass is 16.5. The fraction of sp³-hybridized carbons (Fsp3) is 0.143. The molecule has 4 aliphatic heterocycles. The van der Waals surface area contributed by atoms with Crippen LogP contribution in [-0.2, 0) is 31.9 Å². The quantitative estimate of drug-likeness (QED) is 0.176. The van der Waals surface area contributed by atoms with Crippen LogP contribution in [0, 0.1) is 23.7 Å². The van der Waals surface area contributed by atoms with Gasteiger partial charge in [0.15, 0.2) is 23.1 Å². The zero-order valence-corrected chi connectivity index (χ0v) is 32.9. The molecule has 0 saturated carbocycles. The van der Waals surface area contributed by atoms with Crippen LogP contribution in [0.25, 0.3) is 21.5 Å². The van der Waals surface area contributed by atoms with Crippen LogP contribution in [0.4, 0.5) is 0 Å². The summed E-state index contributed by atoms with van der Waals surface area (Å²) < 4.78 is 15.3. The summed E-state index contributed by atoms with van der Waals surface area (Å²) in [5, 5.41) is 2.98. The maximum atomic E-state index is 15.8. The van der Waals surface area contributed by atoms with E-state index < -0.39 is 46.1 Å². The molecule has 6 aliphatic rings. The van der Waals surface area contributed by atoms with Crippen molar-refractivity contribution in [3.63, 3.8) is 0 Å². The highest BCUT2D eigenvalue weighted by Gasteiger charge is 2.78. The molecule has 4 heterocycles. The third kappa shape index (κ3) is 3.39. The summed E-state index contributed by atoms with van der Waals surface area (Å²) in [6, 6.07) is 54.9. The summed E-state index contributed by atoms with van der Waals surface area (Å²) in [7, 11) is 0. The van der Waals surface area contributed by atoms with Crippen molar-refractivity contribution in [3.8, 4) is 0 Å². The van der Waals surface area contributed by atoms with E-state index in [1.807, 2.05) is 146 Å². The first kappa shape index (κ1) is 33.6. The van der Waals surface area contributed by atoms with E-state index in [1.54, 1.807) is 0 Å². The second kappa shape index (κ2) is 10.7. The number of Topliss-reactive ketones (excluding diaryl/α,β-unsaturated/α-hetero) is 4. The molecule has 8 atom stereocenters. The third-order valence-corrected chi connectivity index (χ3v) is 15.9. The van der Waals surface area contributed by atoms with Gasteiger partial charge in [-0.3, -0.25) is 19.2 Å². The van der Waals surface area contributed by atoms with Crippen LogP contribution in [-0.4, -0.2) is 23.1 Å². The lowest BCUT2D eigenvalue weighted by Crippen LogP contribution is -2.51. The molecule has 0 aromatic heterocycles. The van der Waals surface area contributed by atoms with Crippen molar-refractivity contribution in [1.82, 2.24) is 0 Å². The molecule has 8 aromatic rings. The predicted octanol–water partition coefficient (Wildman–Crippen LogP) is 9.99. The Bertz CT molecular complexity index is 3010. The van der Waals surface area contributed by atoms with E-state index in [9.17, 15) is 0 Å². The van der Waals surface area contributed by atoms with Crippen LogP contribution < -0.4 is 0 Å². The van der Waals surface area contributed by atoms with Crippen molar-refractivity contribution < 1.29 is 28.7 Å². The molecular formula is C56H32O6. The van der Waals surface area contributed by atoms with Crippen molar-refractivity contribution in [2.45, 2.75) is 22.4 Å². The zero-order valence-electron chi connectivity index (χ0n) is 32.9. The van der Waals surface area contributed by atoms with Crippen LogP contribution in [0.15, 0.2) is 170 Å². The number of ether oxygens (including phenoxy) is 2. The van der Waals surface area contributed by atoms with Crippen molar-refractivity contribution in [2.75, 3.05) is 0 Å². The van der Waals surface area contributed by atoms with E-state index in [1.165, 1.54) is 0 Å². The van der Waals surface area contributed by atoms with Gasteiger partial charge in [-0.1, -0.05) is 121 Å². The molecule has 8 unspecified atom stereocenters. The van der Waals surface area contributed by atoms with E-state index >= 15 is 19.2 Å². The second-order valence-electron chi connectivity index (χ2n) is 18.3.